The van der Waals surface area contributed by atoms with Crippen LogP contribution in [0.25, 0.3) is 11.1 Å². The molecule has 79 valence electrons. The molecule has 0 saturated heterocycles. The van der Waals surface area contributed by atoms with E-state index in [0.717, 1.165) is 0 Å². The van der Waals surface area contributed by atoms with E-state index >= 15 is 0 Å². The van der Waals surface area contributed by atoms with Gasteiger partial charge in [0.15, 0.2) is 0 Å². The summed E-state index contributed by atoms with van der Waals surface area (Å²) in [6.07, 6.45) is 0. The van der Waals surface area contributed by atoms with Gasteiger partial charge in [-0.15, -0.1) is 0 Å². The molecule has 0 unspecified atom stereocenters. The fraction of sp³-hybridized carbons (Fsp3) is 0.0769. The molecule has 0 heterocycles. The Hall–Kier alpha value is -1.10. The van der Waals surface area contributed by atoms with E-state index in [2.05, 4.69) is 61.9 Å². The van der Waals surface area contributed by atoms with Gasteiger partial charge in [-0.05, 0) is 0 Å². The summed E-state index contributed by atoms with van der Waals surface area (Å²) in [5.41, 5.74) is 3.67. The van der Waals surface area contributed by atoms with E-state index in [1.54, 1.807) is 0 Å². The number of benzene rings is 2. The Kier molecular flexibility index (Phi) is 3.21. The van der Waals surface area contributed by atoms with Gasteiger partial charge in [-0.25, -0.2) is 0 Å². The maximum absolute atomic E-state index is 3.19. The average molecular weight is 289 g/mol. The van der Waals surface area contributed by atoms with Crippen LogP contribution in [0.15, 0.2) is 54.6 Å². The summed E-state index contributed by atoms with van der Waals surface area (Å²) in [6, 6.07) is 18.7. The number of hydrogen-bond acceptors (Lipinski definition) is 1. The van der Waals surface area contributed by atoms with Crippen LogP contribution in [0.2, 0.25) is 0 Å². The monoisotopic (exact) mass is 288 g/mol. The zero-order valence-corrected chi connectivity index (χ0v) is 10.0. The van der Waals surface area contributed by atoms with Gasteiger partial charge >= 0.3 is 101 Å². The van der Waals surface area contributed by atoms with Crippen LogP contribution in [0.5, 0.6) is 0 Å². The minimum absolute atomic E-state index is 1.19. The molecular weight excluding hydrogens is 277 g/mol. The molecule has 0 N–H and O–H groups in total. The Morgan fingerprint density at radius 2 is 1.47 bits per heavy atom. The van der Waals surface area contributed by atoms with Gasteiger partial charge in [0.25, 0.3) is 0 Å². The summed E-state index contributed by atoms with van der Waals surface area (Å²) < 4.78 is 1.99. The van der Waals surface area contributed by atoms with Crippen LogP contribution >= 0.6 is 0 Å². The van der Waals surface area contributed by atoms with Crippen LogP contribution in [0.4, 0.5) is 5.69 Å². The van der Waals surface area contributed by atoms with Crippen molar-refractivity contribution >= 4 is 5.69 Å². The first-order valence-corrected chi connectivity index (χ1v) is 5.50. The standard InChI is InChI=1S/C13H12N.Pd/c1-14-13-10-6-5-9-12(13)11-7-3-2-4-8-11;/h2-10H,1H3;/q-1;+1. The van der Waals surface area contributed by atoms with Crippen LogP contribution in [-0.4, -0.2) is 7.05 Å². The number of anilines is 1. The Morgan fingerprint density at radius 3 is 2.13 bits per heavy atom. The summed E-state index contributed by atoms with van der Waals surface area (Å²) in [4.78, 5) is 0. The normalized spacial score (nSPS) is 10.1. The first kappa shape index (κ1) is 10.4. The molecule has 0 bridgehead atoms. The number of rotatable bonds is 2. The Labute approximate surface area is 101 Å². The molecule has 2 aromatic rings. The predicted molar refractivity (Wildman–Crippen MR) is 60.3 cm³/mol. The molecule has 0 aromatic heterocycles. The van der Waals surface area contributed by atoms with Crippen molar-refractivity contribution in [2.45, 2.75) is 0 Å². The van der Waals surface area contributed by atoms with Gasteiger partial charge in [-0.3, -0.25) is 0 Å². The third-order valence-electron chi connectivity index (χ3n) is 2.31. The molecule has 0 aliphatic heterocycles. The summed E-state index contributed by atoms with van der Waals surface area (Å²) in [5, 5.41) is 0. The van der Waals surface area contributed by atoms with Gasteiger partial charge in [-0.1, -0.05) is 0 Å². The van der Waals surface area contributed by atoms with Crippen LogP contribution < -0.4 is 3.53 Å². The third-order valence-corrected chi connectivity index (χ3v) is 2.68. The number of para-hydroxylation sites is 1. The molecule has 0 aliphatic carbocycles. The molecule has 2 aromatic carbocycles. The summed E-state index contributed by atoms with van der Waals surface area (Å²) in [6.45, 7) is 0. The molecule has 15 heavy (non-hydrogen) atoms. The topological polar surface area (TPSA) is 3.24 Å². The van der Waals surface area contributed by atoms with E-state index in [1.807, 2.05) is 22.7 Å². The van der Waals surface area contributed by atoms with Gasteiger partial charge in [0.2, 0.25) is 0 Å². The van der Waals surface area contributed by atoms with Gasteiger partial charge in [0, 0.05) is 0 Å². The minimum atomic E-state index is 1.19. The van der Waals surface area contributed by atoms with Crippen molar-refractivity contribution in [1.82, 2.24) is 0 Å². The molecule has 2 rings (SSSR count). The fourth-order valence-corrected chi connectivity index (χ4v) is 1.90. The van der Waals surface area contributed by atoms with E-state index in [0.29, 0.717) is 0 Å². The zero-order valence-electron chi connectivity index (χ0n) is 8.46. The van der Waals surface area contributed by atoms with Crippen LogP contribution in [-0.2, 0) is 19.4 Å². The van der Waals surface area contributed by atoms with Crippen LogP contribution in [0.1, 0.15) is 0 Å². The molecule has 1 nitrogen and oxygen atoms in total. The quantitative estimate of drug-likeness (QED) is 0.767. The van der Waals surface area contributed by atoms with E-state index in [-0.39, 0.29) is 0 Å². The van der Waals surface area contributed by atoms with Crippen molar-refractivity contribution in [2.24, 2.45) is 0 Å². The molecule has 0 saturated carbocycles. The predicted octanol–water partition coefficient (Wildman–Crippen LogP) is 3.25. The second kappa shape index (κ2) is 4.61. The first-order valence-electron chi connectivity index (χ1n) is 4.80. The number of hydrogen-bond donors (Lipinski definition) is 0. The third kappa shape index (κ3) is 2.29. The van der Waals surface area contributed by atoms with Gasteiger partial charge in [-0.2, -0.15) is 0 Å². The molecule has 0 aliphatic rings. The van der Waals surface area contributed by atoms with Gasteiger partial charge < -0.3 is 0 Å². The number of nitrogens with zero attached hydrogens (tertiary/aromatic N) is 1. The summed E-state index contributed by atoms with van der Waals surface area (Å²) >= 11 is 3.19. The van der Waals surface area contributed by atoms with Crippen molar-refractivity contribution < 1.29 is 19.4 Å². The van der Waals surface area contributed by atoms with Crippen molar-refractivity contribution in [2.75, 3.05) is 10.6 Å². The first-order chi connectivity index (χ1) is 7.29. The SMILES string of the molecule is C[N]([Pd])c1ccccc1-c1ccccc1. The van der Waals surface area contributed by atoms with Crippen molar-refractivity contribution in [1.29, 1.82) is 0 Å². The van der Waals surface area contributed by atoms with Crippen LogP contribution in [0, 0.1) is 0 Å². The van der Waals surface area contributed by atoms with Crippen molar-refractivity contribution in [3.05, 3.63) is 54.6 Å². The molecule has 2 heteroatoms. The van der Waals surface area contributed by atoms with E-state index in [4.69, 9.17) is 0 Å². The summed E-state index contributed by atoms with van der Waals surface area (Å²) in [5.74, 6) is 0. The molecular formula is C13H12NPd. The molecule has 0 atom stereocenters. The van der Waals surface area contributed by atoms with Crippen molar-refractivity contribution in [3.8, 4) is 11.1 Å². The molecule has 0 spiro atoms. The van der Waals surface area contributed by atoms with E-state index in [1.165, 1.54) is 16.8 Å². The molecule has 0 radical (unpaired) electrons. The zero-order chi connectivity index (χ0) is 10.7. The fourth-order valence-electron chi connectivity index (χ4n) is 1.59. The maximum atomic E-state index is 3.19. The Balaban J connectivity index is 2.53. The molecule has 0 fully saturated rings. The van der Waals surface area contributed by atoms with E-state index in [9.17, 15) is 0 Å². The van der Waals surface area contributed by atoms with Crippen LogP contribution in [0.3, 0.4) is 0 Å². The Morgan fingerprint density at radius 1 is 0.867 bits per heavy atom. The Bertz CT molecular complexity index is 437. The average Bonchev–Trinajstić information content (AvgIpc) is 2.30. The van der Waals surface area contributed by atoms with Gasteiger partial charge in [0.1, 0.15) is 0 Å². The van der Waals surface area contributed by atoms with Gasteiger partial charge in [0.05, 0.1) is 0 Å². The second-order valence-electron chi connectivity index (χ2n) is 3.32. The molecule has 0 amide bonds. The van der Waals surface area contributed by atoms with E-state index < -0.39 is 0 Å². The summed E-state index contributed by atoms with van der Waals surface area (Å²) in [7, 11) is 2.00. The van der Waals surface area contributed by atoms with Crippen molar-refractivity contribution in [3.63, 3.8) is 0 Å². The second-order valence-corrected chi connectivity index (χ2v) is 4.36.